The third-order valence-electron chi connectivity index (χ3n) is 4.60. The van der Waals surface area contributed by atoms with Crippen LogP contribution in [0.5, 0.6) is 0 Å². The van der Waals surface area contributed by atoms with E-state index in [0.717, 1.165) is 35.5 Å². The number of nitrogens with zero attached hydrogens (tertiary/aromatic N) is 2. The highest BCUT2D eigenvalue weighted by Crippen LogP contribution is 2.34. The van der Waals surface area contributed by atoms with Crippen LogP contribution in [0, 0.1) is 6.92 Å². The van der Waals surface area contributed by atoms with Gasteiger partial charge in [-0.2, -0.15) is 5.10 Å². The van der Waals surface area contributed by atoms with Gasteiger partial charge in [0.1, 0.15) is 4.88 Å². The van der Waals surface area contributed by atoms with Crippen LogP contribution in [0.4, 0.5) is 5.69 Å². The summed E-state index contributed by atoms with van der Waals surface area (Å²) in [6.45, 7) is 8.27. The highest BCUT2D eigenvalue weighted by molar-refractivity contribution is 7.18. The van der Waals surface area contributed by atoms with Crippen molar-refractivity contribution in [2.75, 3.05) is 32.5 Å². The molecule has 0 aliphatic carbocycles. The molecule has 2 aromatic heterocycles. The lowest BCUT2D eigenvalue weighted by Gasteiger charge is -2.24. The number of methoxy groups -OCH3 is 1. The topological polar surface area (TPSA) is 96.3 Å². The van der Waals surface area contributed by atoms with Crippen molar-refractivity contribution in [2.45, 2.75) is 25.8 Å². The molecule has 0 bridgehead atoms. The SMILES string of the molecule is C=C(CN1CCC[C@H]1COC)NC(=O)c1sc(-c2cn[nH]c2C)cc1N. The Hall–Kier alpha value is -2.16. The van der Waals surface area contributed by atoms with Crippen LogP contribution < -0.4 is 11.1 Å². The third-order valence-corrected chi connectivity index (χ3v) is 5.79. The molecule has 1 atom stereocenters. The summed E-state index contributed by atoms with van der Waals surface area (Å²) in [4.78, 5) is 16.3. The van der Waals surface area contributed by atoms with Crippen molar-refractivity contribution < 1.29 is 9.53 Å². The summed E-state index contributed by atoms with van der Waals surface area (Å²) in [5.74, 6) is -0.215. The van der Waals surface area contributed by atoms with Gasteiger partial charge in [-0.1, -0.05) is 6.58 Å². The van der Waals surface area contributed by atoms with Gasteiger partial charge in [0.15, 0.2) is 0 Å². The van der Waals surface area contributed by atoms with Crippen molar-refractivity contribution in [2.24, 2.45) is 0 Å². The monoisotopic (exact) mass is 375 g/mol. The van der Waals surface area contributed by atoms with Gasteiger partial charge in [-0.05, 0) is 32.4 Å². The van der Waals surface area contributed by atoms with E-state index in [1.54, 1.807) is 13.3 Å². The minimum Gasteiger partial charge on any atom is -0.397 e. The van der Waals surface area contributed by atoms with Gasteiger partial charge in [-0.15, -0.1) is 11.3 Å². The number of likely N-dealkylation sites (tertiary alicyclic amines) is 1. The maximum Gasteiger partial charge on any atom is 0.267 e. The van der Waals surface area contributed by atoms with Crippen LogP contribution >= 0.6 is 11.3 Å². The first kappa shape index (κ1) is 18.6. The Morgan fingerprint density at radius 3 is 3.12 bits per heavy atom. The molecule has 3 rings (SSSR count). The van der Waals surface area contributed by atoms with E-state index < -0.39 is 0 Å². The van der Waals surface area contributed by atoms with Gasteiger partial charge < -0.3 is 15.8 Å². The van der Waals surface area contributed by atoms with Crippen molar-refractivity contribution in [3.63, 3.8) is 0 Å². The Morgan fingerprint density at radius 1 is 1.62 bits per heavy atom. The normalized spacial score (nSPS) is 17.5. The number of thiophene rings is 1. The molecule has 0 saturated carbocycles. The molecule has 1 aliphatic rings. The maximum atomic E-state index is 12.6. The number of aryl methyl sites for hydroxylation is 1. The van der Waals surface area contributed by atoms with Crippen molar-refractivity contribution in [3.05, 3.63) is 35.1 Å². The van der Waals surface area contributed by atoms with Crippen LogP contribution in [-0.2, 0) is 4.74 Å². The zero-order chi connectivity index (χ0) is 18.7. The van der Waals surface area contributed by atoms with E-state index in [4.69, 9.17) is 10.5 Å². The summed E-state index contributed by atoms with van der Waals surface area (Å²) in [6.07, 6.45) is 3.99. The molecule has 1 fully saturated rings. The first-order valence-electron chi connectivity index (χ1n) is 8.61. The van der Waals surface area contributed by atoms with E-state index in [9.17, 15) is 4.79 Å². The number of carbonyl (C=O) groups is 1. The van der Waals surface area contributed by atoms with Crippen LogP contribution in [0.1, 0.15) is 28.2 Å². The minimum absolute atomic E-state index is 0.215. The number of amides is 1. The zero-order valence-corrected chi connectivity index (χ0v) is 16.0. The molecule has 0 spiro atoms. The van der Waals surface area contributed by atoms with E-state index >= 15 is 0 Å². The molecule has 3 heterocycles. The summed E-state index contributed by atoms with van der Waals surface area (Å²) in [6, 6.07) is 2.20. The predicted octanol–water partition coefficient (Wildman–Crippen LogP) is 2.38. The van der Waals surface area contributed by atoms with Crippen LogP contribution in [0.2, 0.25) is 0 Å². The predicted molar refractivity (Wildman–Crippen MR) is 104 cm³/mol. The Balaban J connectivity index is 1.64. The fraction of sp³-hybridized carbons (Fsp3) is 0.444. The van der Waals surface area contributed by atoms with Crippen LogP contribution in [-0.4, -0.2) is 53.9 Å². The molecule has 7 nitrogen and oxygen atoms in total. The lowest BCUT2D eigenvalue weighted by molar-refractivity contribution is 0.0959. The Bertz CT molecular complexity index is 797. The van der Waals surface area contributed by atoms with Crippen molar-refractivity contribution in [3.8, 4) is 10.4 Å². The van der Waals surface area contributed by atoms with Crippen molar-refractivity contribution in [1.82, 2.24) is 20.4 Å². The number of carbonyl (C=O) groups excluding carboxylic acids is 1. The number of H-pyrrole nitrogens is 1. The fourth-order valence-electron chi connectivity index (χ4n) is 3.30. The summed E-state index contributed by atoms with van der Waals surface area (Å²) < 4.78 is 5.27. The molecule has 0 unspecified atom stereocenters. The largest absolute Gasteiger partial charge is 0.397 e. The molecular weight excluding hydrogens is 350 g/mol. The average molecular weight is 375 g/mol. The van der Waals surface area contributed by atoms with E-state index in [1.165, 1.54) is 11.3 Å². The van der Waals surface area contributed by atoms with Gasteiger partial charge in [0, 0.05) is 41.5 Å². The average Bonchev–Trinajstić information content (AvgIpc) is 3.29. The fourth-order valence-corrected chi connectivity index (χ4v) is 4.34. The van der Waals surface area contributed by atoms with Gasteiger partial charge in [0.2, 0.25) is 0 Å². The van der Waals surface area contributed by atoms with Crippen LogP contribution in [0.15, 0.2) is 24.5 Å². The number of rotatable bonds is 7. The number of nitrogen functional groups attached to an aromatic ring is 1. The molecule has 0 aromatic carbocycles. The molecular formula is C18H25N5O2S. The first-order chi connectivity index (χ1) is 12.5. The number of aromatic amines is 1. The van der Waals surface area contributed by atoms with Crippen molar-refractivity contribution >= 4 is 22.9 Å². The molecule has 140 valence electrons. The maximum absolute atomic E-state index is 12.6. The molecule has 1 aliphatic heterocycles. The van der Waals surface area contributed by atoms with E-state index in [2.05, 4.69) is 27.0 Å². The molecule has 1 amide bonds. The van der Waals surface area contributed by atoms with E-state index in [1.807, 2.05) is 13.0 Å². The molecule has 0 radical (unpaired) electrons. The molecule has 26 heavy (non-hydrogen) atoms. The lowest BCUT2D eigenvalue weighted by atomic mass is 10.2. The molecule has 4 N–H and O–H groups in total. The second-order valence-corrected chi connectivity index (χ2v) is 7.64. The number of nitrogens with two attached hydrogens (primary N) is 1. The second kappa shape index (κ2) is 8.03. The number of ether oxygens (including phenoxy) is 1. The summed E-state index contributed by atoms with van der Waals surface area (Å²) in [5, 5.41) is 9.81. The quantitative estimate of drug-likeness (QED) is 0.690. The molecule has 8 heteroatoms. The smallest absolute Gasteiger partial charge is 0.267 e. The standard InChI is InChI=1S/C18H25N5O2S/c1-11(9-23-6-4-5-13(23)10-25-3)21-18(24)17-15(19)7-16(26-17)14-8-20-22-12(14)2/h7-8,13H,1,4-6,9-10,19H2,2-3H3,(H,20,22)(H,21,24)/t13-/m0/s1. The van der Waals surface area contributed by atoms with Crippen molar-refractivity contribution in [1.29, 1.82) is 0 Å². The number of aromatic nitrogens is 2. The van der Waals surface area contributed by atoms with Crippen LogP contribution in [0.25, 0.3) is 10.4 Å². The Morgan fingerprint density at radius 2 is 2.42 bits per heavy atom. The lowest BCUT2D eigenvalue weighted by Crippen LogP contribution is -2.37. The number of nitrogens with one attached hydrogen (secondary N) is 2. The number of hydrogen-bond donors (Lipinski definition) is 3. The van der Waals surface area contributed by atoms with Gasteiger partial charge >= 0.3 is 0 Å². The minimum atomic E-state index is -0.215. The van der Waals surface area contributed by atoms with E-state index in [0.29, 0.717) is 35.5 Å². The highest BCUT2D eigenvalue weighted by Gasteiger charge is 2.25. The van der Waals surface area contributed by atoms with E-state index in [-0.39, 0.29) is 5.91 Å². The van der Waals surface area contributed by atoms with Gasteiger partial charge in [-0.3, -0.25) is 14.8 Å². The summed E-state index contributed by atoms with van der Waals surface area (Å²) in [7, 11) is 1.71. The number of hydrogen-bond acceptors (Lipinski definition) is 6. The van der Waals surface area contributed by atoms with Gasteiger partial charge in [-0.25, -0.2) is 0 Å². The van der Waals surface area contributed by atoms with Gasteiger partial charge in [0.05, 0.1) is 18.5 Å². The summed E-state index contributed by atoms with van der Waals surface area (Å²) in [5.41, 5.74) is 9.10. The highest BCUT2D eigenvalue weighted by atomic mass is 32.1. The molecule has 2 aromatic rings. The number of anilines is 1. The third kappa shape index (κ3) is 3.98. The first-order valence-corrected chi connectivity index (χ1v) is 9.43. The van der Waals surface area contributed by atoms with Crippen LogP contribution in [0.3, 0.4) is 0 Å². The second-order valence-electron chi connectivity index (χ2n) is 6.58. The molecule has 1 saturated heterocycles. The zero-order valence-electron chi connectivity index (χ0n) is 15.2. The van der Waals surface area contributed by atoms with Gasteiger partial charge in [0.25, 0.3) is 5.91 Å². The summed E-state index contributed by atoms with van der Waals surface area (Å²) >= 11 is 1.36. The Kier molecular flexibility index (Phi) is 5.75. The Labute approximate surface area is 157 Å².